The molecule has 0 fully saturated rings. The summed E-state index contributed by atoms with van der Waals surface area (Å²) in [5, 5.41) is 11.1. The number of aromatic nitrogens is 1. The molecule has 132 valence electrons. The van der Waals surface area contributed by atoms with E-state index in [1.165, 1.54) is 31.3 Å². The maximum Gasteiger partial charge on any atom is 0.355 e. The van der Waals surface area contributed by atoms with E-state index in [4.69, 9.17) is 9.47 Å². The van der Waals surface area contributed by atoms with Crippen molar-refractivity contribution in [2.75, 3.05) is 19.1 Å². The number of fused-ring (bicyclic) bond motifs is 1. The highest BCUT2D eigenvalue weighted by Crippen LogP contribution is 2.38. The quantitative estimate of drug-likeness (QED) is 0.849. The number of allylic oxidation sites excluding steroid dienone is 2. The Bertz CT molecular complexity index is 975. The van der Waals surface area contributed by atoms with Crippen LogP contribution in [0.4, 0.5) is 5.69 Å². The molecule has 0 atom stereocenters. The molecule has 7 heteroatoms. The number of hydrogen-bond donors (Lipinski definition) is 1. The van der Waals surface area contributed by atoms with E-state index in [9.17, 15) is 14.7 Å². The molecule has 1 aliphatic heterocycles. The van der Waals surface area contributed by atoms with Gasteiger partial charge in [0.2, 0.25) is 0 Å². The van der Waals surface area contributed by atoms with Crippen LogP contribution >= 0.6 is 0 Å². The fourth-order valence-corrected chi connectivity index (χ4v) is 2.72. The first-order valence-corrected chi connectivity index (χ1v) is 7.70. The van der Waals surface area contributed by atoms with Gasteiger partial charge in [0.05, 0.1) is 31.0 Å². The van der Waals surface area contributed by atoms with Gasteiger partial charge in [0, 0.05) is 17.8 Å². The van der Waals surface area contributed by atoms with E-state index in [0.29, 0.717) is 16.6 Å². The topological polar surface area (TPSA) is 89.0 Å². The van der Waals surface area contributed by atoms with E-state index in [-0.39, 0.29) is 17.0 Å². The average Bonchev–Trinajstić information content (AvgIpc) is 2.89. The summed E-state index contributed by atoms with van der Waals surface area (Å²) in [5.41, 5.74) is 0.854. The molecule has 0 aliphatic carbocycles. The third kappa shape index (κ3) is 2.90. The molecular weight excluding hydrogens is 336 g/mol. The van der Waals surface area contributed by atoms with E-state index < -0.39 is 11.9 Å². The summed E-state index contributed by atoms with van der Waals surface area (Å²) in [6.45, 7) is 0. The number of phenolic OH excluding ortho intramolecular Hbond substituents is 1. The first-order valence-electron chi connectivity index (χ1n) is 7.70. The number of aromatic hydroxyl groups is 1. The second kappa shape index (κ2) is 7.10. The molecule has 0 radical (unpaired) electrons. The number of phenols is 1. The minimum atomic E-state index is -0.748. The lowest BCUT2D eigenvalue weighted by Crippen LogP contribution is -2.27. The van der Waals surface area contributed by atoms with Crippen LogP contribution in [0.5, 0.6) is 5.75 Å². The smallest absolute Gasteiger partial charge is 0.355 e. The molecule has 0 amide bonds. The summed E-state index contributed by atoms with van der Waals surface area (Å²) in [6, 6.07) is 6.62. The zero-order chi connectivity index (χ0) is 18.7. The molecule has 1 aliphatic rings. The molecule has 0 bridgehead atoms. The van der Waals surface area contributed by atoms with Crippen molar-refractivity contribution in [3.05, 3.63) is 66.2 Å². The van der Waals surface area contributed by atoms with Crippen molar-refractivity contribution in [3.63, 3.8) is 0 Å². The first kappa shape index (κ1) is 17.2. The third-order valence-corrected chi connectivity index (χ3v) is 3.87. The predicted molar refractivity (Wildman–Crippen MR) is 95.2 cm³/mol. The van der Waals surface area contributed by atoms with E-state index in [1.807, 2.05) is 0 Å². The number of ether oxygens (including phenoxy) is 2. The van der Waals surface area contributed by atoms with Crippen LogP contribution in [0.2, 0.25) is 0 Å². The Labute approximate surface area is 149 Å². The van der Waals surface area contributed by atoms with Gasteiger partial charge in [-0.25, -0.2) is 9.59 Å². The van der Waals surface area contributed by atoms with Crippen molar-refractivity contribution >= 4 is 28.5 Å². The van der Waals surface area contributed by atoms with Crippen molar-refractivity contribution in [1.82, 2.24) is 4.98 Å². The van der Waals surface area contributed by atoms with Crippen molar-refractivity contribution in [2.24, 2.45) is 0 Å². The lowest BCUT2D eigenvalue weighted by atomic mass is 10.1. The van der Waals surface area contributed by atoms with Gasteiger partial charge in [0.1, 0.15) is 11.4 Å². The lowest BCUT2D eigenvalue weighted by Gasteiger charge is -2.25. The third-order valence-electron chi connectivity index (χ3n) is 3.87. The molecule has 2 heterocycles. The van der Waals surface area contributed by atoms with Crippen molar-refractivity contribution in [2.45, 2.75) is 0 Å². The minimum absolute atomic E-state index is 0.00430. The fourth-order valence-electron chi connectivity index (χ4n) is 2.72. The van der Waals surface area contributed by atoms with E-state index in [2.05, 4.69) is 4.98 Å². The molecule has 0 unspecified atom stereocenters. The Morgan fingerprint density at radius 1 is 1.08 bits per heavy atom. The number of hydrogen-bond acceptors (Lipinski definition) is 7. The molecule has 1 N–H and O–H groups in total. The maximum absolute atomic E-state index is 12.5. The SMILES string of the molecule is COC(=O)C1=C(C(=O)OC)N(c2c(O)ccc3ncccc23)C=CC=C1. The normalized spacial score (nSPS) is 13.7. The highest BCUT2D eigenvalue weighted by molar-refractivity contribution is 6.08. The van der Waals surface area contributed by atoms with Crippen LogP contribution in [0.15, 0.2) is 66.2 Å². The second-order valence-electron chi connectivity index (χ2n) is 5.32. The Morgan fingerprint density at radius 2 is 1.85 bits per heavy atom. The highest BCUT2D eigenvalue weighted by atomic mass is 16.5. The number of benzene rings is 1. The lowest BCUT2D eigenvalue weighted by molar-refractivity contribution is -0.139. The summed E-state index contributed by atoms with van der Waals surface area (Å²) < 4.78 is 9.65. The predicted octanol–water partition coefficient (Wildman–Crippen LogP) is 2.43. The molecule has 1 aromatic heterocycles. The summed E-state index contributed by atoms with van der Waals surface area (Å²) in [6.07, 6.45) is 7.86. The van der Waals surface area contributed by atoms with Gasteiger partial charge < -0.3 is 19.5 Å². The zero-order valence-electron chi connectivity index (χ0n) is 14.2. The standard InChI is InChI=1S/C19H16N2O5/c1-25-18(23)13-6-3-4-11-21(17(13)19(24)26-2)16-12-7-5-10-20-14(12)8-9-15(16)22/h3-11,22H,1-2H3. The number of pyridine rings is 1. The first-order chi connectivity index (χ1) is 12.6. The summed E-state index contributed by atoms with van der Waals surface area (Å²) in [5.74, 6) is -1.53. The van der Waals surface area contributed by atoms with Gasteiger partial charge in [-0.1, -0.05) is 6.08 Å². The van der Waals surface area contributed by atoms with Crippen molar-refractivity contribution < 1.29 is 24.2 Å². The summed E-state index contributed by atoms with van der Waals surface area (Å²) in [4.78, 5) is 30.4. The van der Waals surface area contributed by atoms with Gasteiger partial charge in [0.15, 0.2) is 0 Å². The summed E-state index contributed by atoms with van der Waals surface area (Å²) >= 11 is 0. The van der Waals surface area contributed by atoms with Crippen LogP contribution in [0.1, 0.15) is 0 Å². The molecule has 26 heavy (non-hydrogen) atoms. The molecule has 0 spiro atoms. The highest BCUT2D eigenvalue weighted by Gasteiger charge is 2.29. The molecule has 2 aromatic rings. The van der Waals surface area contributed by atoms with Crippen LogP contribution in [0.25, 0.3) is 10.9 Å². The van der Waals surface area contributed by atoms with Crippen LogP contribution in [-0.2, 0) is 19.1 Å². The number of nitrogens with zero attached hydrogens (tertiary/aromatic N) is 2. The Balaban J connectivity index is 2.34. The molecule has 3 rings (SSSR count). The zero-order valence-corrected chi connectivity index (χ0v) is 14.2. The van der Waals surface area contributed by atoms with Gasteiger partial charge >= 0.3 is 11.9 Å². The minimum Gasteiger partial charge on any atom is -0.506 e. The average molecular weight is 352 g/mol. The van der Waals surface area contributed by atoms with Crippen LogP contribution < -0.4 is 4.90 Å². The molecule has 1 aromatic carbocycles. The number of carbonyl (C=O) groups excluding carboxylic acids is 2. The van der Waals surface area contributed by atoms with Crippen molar-refractivity contribution in [1.29, 1.82) is 0 Å². The molecule has 7 nitrogen and oxygen atoms in total. The monoisotopic (exact) mass is 352 g/mol. The second-order valence-corrected chi connectivity index (χ2v) is 5.32. The number of anilines is 1. The van der Waals surface area contributed by atoms with E-state index >= 15 is 0 Å². The van der Waals surface area contributed by atoms with Crippen LogP contribution in [0, 0.1) is 0 Å². The van der Waals surface area contributed by atoms with Crippen molar-refractivity contribution in [3.8, 4) is 5.75 Å². The van der Waals surface area contributed by atoms with E-state index in [0.717, 1.165) is 0 Å². The van der Waals surface area contributed by atoms with E-state index in [1.54, 1.807) is 42.7 Å². The number of esters is 2. The van der Waals surface area contributed by atoms with Crippen LogP contribution in [-0.4, -0.2) is 36.2 Å². The molecule has 0 saturated carbocycles. The Morgan fingerprint density at radius 3 is 2.58 bits per heavy atom. The Kier molecular flexibility index (Phi) is 4.70. The fraction of sp³-hybridized carbons (Fsp3) is 0.105. The summed E-state index contributed by atoms with van der Waals surface area (Å²) in [7, 11) is 2.44. The van der Waals surface area contributed by atoms with Gasteiger partial charge in [-0.2, -0.15) is 0 Å². The largest absolute Gasteiger partial charge is 0.506 e. The van der Waals surface area contributed by atoms with Gasteiger partial charge in [-0.15, -0.1) is 0 Å². The number of rotatable bonds is 3. The van der Waals surface area contributed by atoms with Crippen LogP contribution in [0.3, 0.4) is 0 Å². The van der Waals surface area contributed by atoms with Gasteiger partial charge in [-0.3, -0.25) is 4.98 Å². The van der Waals surface area contributed by atoms with Gasteiger partial charge in [0.25, 0.3) is 0 Å². The number of carbonyl (C=O) groups is 2. The van der Waals surface area contributed by atoms with Gasteiger partial charge in [-0.05, 0) is 36.4 Å². The maximum atomic E-state index is 12.5. The number of methoxy groups -OCH3 is 2. The molecular formula is C19H16N2O5. The Hall–Kier alpha value is -3.61. The molecule has 0 saturated heterocycles.